The third-order valence-corrected chi connectivity index (χ3v) is 10.1. The van der Waals surface area contributed by atoms with E-state index in [1.165, 1.54) is 0 Å². The van der Waals surface area contributed by atoms with Gasteiger partial charge in [0.05, 0.1) is 24.2 Å². The van der Waals surface area contributed by atoms with Gasteiger partial charge in [0.1, 0.15) is 0 Å². The molecule has 0 aromatic heterocycles. The number of carboxylic acid groups (broad SMARTS) is 1. The number of ether oxygens (including phenoxy) is 1. The quantitative estimate of drug-likeness (QED) is 0.145. The van der Waals surface area contributed by atoms with Crippen LogP contribution >= 0.6 is 11.6 Å². The van der Waals surface area contributed by atoms with Crippen LogP contribution in [-0.4, -0.2) is 60.8 Å². The molecule has 2 aliphatic heterocycles. The number of aromatic carboxylic acids is 1. The minimum absolute atomic E-state index is 0.0381. The molecule has 2 aliphatic rings. The van der Waals surface area contributed by atoms with Gasteiger partial charge in [-0.15, -0.1) is 0 Å². The van der Waals surface area contributed by atoms with E-state index in [4.69, 9.17) is 16.3 Å². The lowest BCUT2D eigenvalue weighted by Crippen LogP contribution is -2.36. The Balaban J connectivity index is 1.14. The van der Waals surface area contributed by atoms with Crippen molar-refractivity contribution >= 4 is 46.5 Å². The molecule has 4 aromatic rings. The van der Waals surface area contributed by atoms with Gasteiger partial charge in [0.2, 0.25) is 0 Å². The second kappa shape index (κ2) is 15.8. The number of nitrogens with zero attached hydrogens (tertiary/aromatic N) is 2. The third-order valence-electron chi connectivity index (χ3n) is 9.86. The van der Waals surface area contributed by atoms with E-state index in [0.717, 1.165) is 61.3 Å². The summed E-state index contributed by atoms with van der Waals surface area (Å²) in [5.74, 6) is -1.44. The number of nitrogens with one attached hydrogen (secondary N) is 1. The predicted octanol–water partition coefficient (Wildman–Crippen LogP) is 7.69. The van der Waals surface area contributed by atoms with Crippen molar-refractivity contribution in [3.63, 3.8) is 0 Å². The van der Waals surface area contributed by atoms with Crippen LogP contribution in [0.15, 0.2) is 91.0 Å². The van der Waals surface area contributed by atoms with Gasteiger partial charge in [-0.2, -0.15) is 0 Å². The van der Waals surface area contributed by atoms with Crippen LogP contribution in [0.25, 0.3) is 11.1 Å². The molecule has 0 spiro atoms. The van der Waals surface area contributed by atoms with Crippen molar-refractivity contribution in [2.24, 2.45) is 11.8 Å². The number of amides is 1. The summed E-state index contributed by atoms with van der Waals surface area (Å²) in [4.78, 5) is 41.4. The molecule has 1 unspecified atom stereocenters. The summed E-state index contributed by atoms with van der Waals surface area (Å²) in [7, 11) is 0. The van der Waals surface area contributed by atoms with Gasteiger partial charge in [0.15, 0.2) is 0 Å². The van der Waals surface area contributed by atoms with Gasteiger partial charge < -0.3 is 30.1 Å². The molecule has 1 atom stereocenters. The SMILES string of the molecule is CCOC(=O)C1CCN(c2ccc(NC(=O)c3ccc(-c4ccc(Cl)cc4)c(C(O)C4CCN(c5ccc(C(=O)O)cc5)CC4)c3)cc2)CC1. The first-order chi connectivity index (χ1) is 24.2. The molecular formula is C40H42ClN3O6. The van der Waals surface area contributed by atoms with Crippen molar-refractivity contribution in [3.05, 3.63) is 113 Å². The largest absolute Gasteiger partial charge is 0.478 e. The van der Waals surface area contributed by atoms with Crippen molar-refractivity contribution in [1.82, 2.24) is 0 Å². The van der Waals surface area contributed by atoms with Crippen molar-refractivity contribution in [2.45, 2.75) is 38.7 Å². The molecule has 0 saturated carbocycles. The van der Waals surface area contributed by atoms with Crippen LogP contribution in [0, 0.1) is 11.8 Å². The maximum absolute atomic E-state index is 13.6. The molecule has 2 heterocycles. The summed E-state index contributed by atoms with van der Waals surface area (Å²) >= 11 is 6.18. The highest BCUT2D eigenvalue weighted by atomic mass is 35.5. The number of aliphatic hydroxyl groups excluding tert-OH is 1. The average Bonchev–Trinajstić information content (AvgIpc) is 3.15. The molecule has 10 heteroatoms. The molecule has 260 valence electrons. The zero-order valence-electron chi connectivity index (χ0n) is 28.1. The number of carboxylic acids is 1. The van der Waals surface area contributed by atoms with Gasteiger partial charge in [0, 0.05) is 53.8 Å². The first kappa shape index (κ1) is 35.0. The van der Waals surface area contributed by atoms with E-state index in [0.29, 0.717) is 41.5 Å². The Morgan fingerprint density at radius 1 is 0.800 bits per heavy atom. The van der Waals surface area contributed by atoms with Gasteiger partial charge in [-0.05, 0) is 128 Å². The number of halogens is 1. The Morgan fingerprint density at radius 2 is 1.36 bits per heavy atom. The number of anilines is 3. The van der Waals surface area contributed by atoms with Crippen LogP contribution in [0.1, 0.15) is 65.0 Å². The van der Waals surface area contributed by atoms with Crippen molar-refractivity contribution < 1.29 is 29.3 Å². The Bertz CT molecular complexity index is 1800. The predicted molar refractivity (Wildman–Crippen MR) is 196 cm³/mol. The monoisotopic (exact) mass is 695 g/mol. The molecule has 0 bridgehead atoms. The summed E-state index contributed by atoms with van der Waals surface area (Å²) in [6, 6.07) is 27.5. The van der Waals surface area contributed by atoms with E-state index in [1.54, 1.807) is 24.3 Å². The van der Waals surface area contributed by atoms with Crippen molar-refractivity contribution in [3.8, 4) is 11.1 Å². The zero-order chi connectivity index (χ0) is 35.2. The molecule has 0 aliphatic carbocycles. The highest BCUT2D eigenvalue weighted by molar-refractivity contribution is 6.30. The average molecular weight is 696 g/mol. The molecule has 0 radical (unpaired) electrons. The third kappa shape index (κ3) is 8.12. The summed E-state index contributed by atoms with van der Waals surface area (Å²) in [5, 5.41) is 24.7. The van der Waals surface area contributed by atoms with Crippen LogP contribution in [0.3, 0.4) is 0 Å². The summed E-state index contributed by atoms with van der Waals surface area (Å²) in [6.45, 7) is 5.18. The highest BCUT2D eigenvalue weighted by Gasteiger charge is 2.29. The Morgan fingerprint density at radius 3 is 1.94 bits per heavy atom. The zero-order valence-corrected chi connectivity index (χ0v) is 28.8. The van der Waals surface area contributed by atoms with E-state index < -0.39 is 12.1 Å². The molecule has 1 amide bonds. The normalized spacial score (nSPS) is 16.1. The molecule has 4 aromatic carbocycles. The number of hydrogen-bond acceptors (Lipinski definition) is 7. The lowest BCUT2D eigenvalue weighted by atomic mass is 9.83. The van der Waals surface area contributed by atoms with Crippen molar-refractivity contribution in [2.75, 3.05) is 47.9 Å². The molecule has 2 fully saturated rings. The molecule has 2 saturated heterocycles. The first-order valence-electron chi connectivity index (χ1n) is 17.2. The van der Waals surface area contributed by atoms with Gasteiger partial charge in [0.25, 0.3) is 5.91 Å². The van der Waals surface area contributed by atoms with Crippen LogP contribution in [0.5, 0.6) is 0 Å². The Labute approximate surface area is 297 Å². The number of piperidine rings is 2. The first-order valence-corrected chi connectivity index (χ1v) is 17.6. The van der Waals surface area contributed by atoms with Crippen LogP contribution in [-0.2, 0) is 9.53 Å². The van der Waals surface area contributed by atoms with E-state index >= 15 is 0 Å². The fraction of sp³-hybridized carbons (Fsp3) is 0.325. The van der Waals surface area contributed by atoms with E-state index in [9.17, 15) is 24.6 Å². The Hall–Kier alpha value is -4.86. The lowest BCUT2D eigenvalue weighted by molar-refractivity contribution is -0.148. The van der Waals surface area contributed by atoms with Crippen molar-refractivity contribution in [1.29, 1.82) is 0 Å². The molecule has 3 N–H and O–H groups in total. The number of carbonyl (C=O) groups is 3. The fourth-order valence-corrected chi connectivity index (χ4v) is 7.10. The molecular weight excluding hydrogens is 654 g/mol. The Kier molecular flexibility index (Phi) is 11.0. The minimum atomic E-state index is -0.954. The number of aliphatic hydroxyl groups is 1. The number of benzene rings is 4. The van der Waals surface area contributed by atoms with E-state index in [2.05, 4.69) is 15.1 Å². The van der Waals surface area contributed by atoms with Gasteiger partial charge in [-0.25, -0.2) is 4.79 Å². The molecule has 6 rings (SSSR count). The summed E-state index contributed by atoms with van der Waals surface area (Å²) in [5.41, 5.74) is 5.76. The van der Waals surface area contributed by atoms with Gasteiger partial charge in [-0.3, -0.25) is 9.59 Å². The smallest absolute Gasteiger partial charge is 0.335 e. The highest BCUT2D eigenvalue weighted by Crippen LogP contribution is 2.38. The summed E-state index contributed by atoms with van der Waals surface area (Å²) < 4.78 is 5.19. The summed E-state index contributed by atoms with van der Waals surface area (Å²) in [6.07, 6.45) is 2.14. The van der Waals surface area contributed by atoms with Crippen LogP contribution in [0.4, 0.5) is 17.1 Å². The maximum Gasteiger partial charge on any atom is 0.335 e. The number of rotatable bonds is 10. The number of esters is 1. The fourth-order valence-electron chi connectivity index (χ4n) is 6.98. The van der Waals surface area contributed by atoms with Crippen LogP contribution in [0.2, 0.25) is 5.02 Å². The molecule has 50 heavy (non-hydrogen) atoms. The topological polar surface area (TPSA) is 119 Å². The second-order valence-corrected chi connectivity index (χ2v) is 13.4. The van der Waals surface area contributed by atoms with Gasteiger partial charge >= 0.3 is 11.9 Å². The van der Waals surface area contributed by atoms with Crippen LogP contribution < -0.4 is 15.1 Å². The lowest BCUT2D eigenvalue weighted by Gasteiger charge is -2.36. The van der Waals surface area contributed by atoms with E-state index in [-0.39, 0.29) is 29.3 Å². The number of carbonyl (C=O) groups excluding carboxylic acids is 2. The van der Waals surface area contributed by atoms with E-state index in [1.807, 2.05) is 73.7 Å². The minimum Gasteiger partial charge on any atom is -0.478 e. The molecule has 9 nitrogen and oxygen atoms in total. The number of hydrogen-bond donors (Lipinski definition) is 3. The second-order valence-electron chi connectivity index (χ2n) is 12.9. The standard InChI is InChI=1S/C40H42ClN3O6/c1-2-50-40(49)29-19-23-44(24-20-29)34-14-10-32(11-15-34)42-38(46)30-7-16-35(26-3-8-31(41)9-4-26)36(25-30)37(45)27-17-21-43(22-18-27)33-12-5-28(6-13-33)39(47)48/h3-16,25,27,29,37,45H,2,17-24H2,1H3,(H,42,46)(H,47,48). The van der Waals surface area contributed by atoms with Gasteiger partial charge in [-0.1, -0.05) is 29.8 Å². The maximum atomic E-state index is 13.6.